The van der Waals surface area contributed by atoms with Gasteiger partial charge in [-0.3, -0.25) is 4.57 Å². The van der Waals surface area contributed by atoms with Crippen molar-refractivity contribution in [1.82, 2.24) is 0 Å². The molecule has 2 atom stereocenters. The lowest BCUT2D eigenvalue weighted by molar-refractivity contribution is 0.325. The van der Waals surface area contributed by atoms with Crippen LogP contribution < -0.4 is 0 Å². The zero-order chi connectivity index (χ0) is 10.5. The van der Waals surface area contributed by atoms with E-state index in [1.54, 1.807) is 6.92 Å². The molecule has 2 unspecified atom stereocenters. The van der Waals surface area contributed by atoms with Crippen molar-refractivity contribution in [3.63, 3.8) is 0 Å². The fourth-order valence-corrected chi connectivity index (χ4v) is 2.44. The van der Waals surface area contributed by atoms with Crippen LogP contribution in [0.1, 0.15) is 46.5 Å². The van der Waals surface area contributed by atoms with Gasteiger partial charge >= 0.3 is 7.60 Å². The summed E-state index contributed by atoms with van der Waals surface area (Å²) in [6.45, 7) is 5.74. The van der Waals surface area contributed by atoms with Gasteiger partial charge in [0.15, 0.2) is 0 Å². The summed E-state index contributed by atoms with van der Waals surface area (Å²) in [5.41, 5.74) is -0.482. The highest BCUT2D eigenvalue weighted by Gasteiger charge is 2.30. The molecule has 0 spiro atoms. The average Bonchev–Trinajstić information content (AvgIpc) is 2.04. The summed E-state index contributed by atoms with van der Waals surface area (Å²) in [6, 6.07) is 0. The SMILES string of the molecule is CCCCC(CC)C(C)P(=O)(O)O. The van der Waals surface area contributed by atoms with Gasteiger partial charge in [-0.15, -0.1) is 0 Å². The van der Waals surface area contributed by atoms with Crippen LogP contribution in [0.3, 0.4) is 0 Å². The Balaban J connectivity index is 4.15. The molecule has 2 N–H and O–H groups in total. The quantitative estimate of drug-likeness (QED) is 0.660. The molecule has 0 saturated carbocycles. The fraction of sp³-hybridized carbons (Fsp3) is 1.00. The summed E-state index contributed by atoms with van der Waals surface area (Å²) in [6.07, 6.45) is 3.93. The highest BCUT2D eigenvalue weighted by atomic mass is 31.2. The molecular formula is C9H21O3P. The van der Waals surface area contributed by atoms with E-state index < -0.39 is 13.3 Å². The first-order chi connectivity index (χ1) is 5.93. The van der Waals surface area contributed by atoms with Crippen molar-refractivity contribution in [2.24, 2.45) is 5.92 Å². The molecule has 0 aliphatic carbocycles. The van der Waals surface area contributed by atoms with Crippen LogP contribution >= 0.6 is 7.60 Å². The predicted molar refractivity (Wildman–Crippen MR) is 54.8 cm³/mol. The summed E-state index contributed by atoms with van der Waals surface area (Å²) >= 11 is 0. The van der Waals surface area contributed by atoms with Gasteiger partial charge in [0, 0.05) is 0 Å². The summed E-state index contributed by atoms with van der Waals surface area (Å²) in [4.78, 5) is 18.0. The zero-order valence-corrected chi connectivity index (χ0v) is 9.63. The standard InChI is InChI=1S/C9H21O3P/c1-4-6-7-9(5-2)8(3)13(10,11)12/h8-9H,4-7H2,1-3H3,(H2,10,11,12). The van der Waals surface area contributed by atoms with Gasteiger partial charge in [0.1, 0.15) is 0 Å². The largest absolute Gasteiger partial charge is 0.328 e. The van der Waals surface area contributed by atoms with Crippen LogP contribution in [-0.4, -0.2) is 15.4 Å². The van der Waals surface area contributed by atoms with E-state index in [4.69, 9.17) is 9.79 Å². The highest BCUT2D eigenvalue weighted by molar-refractivity contribution is 7.52. The summed E-state index contributed by atoms with van der Waals surface area (Å²) in [5, 5.41) is 0. The molecule has 0 radical (unpaired) electrons. The smallest absolute Gasteiger partial charge is 0.324 e. The second-order valence-corrected chi connectivity index (χ2v) is 5.63. The van der Waals surface area contributed by atoms with E-state index in [9.17, 15) is 4.57 Å². The third-order valence-electron chi connectivity index (χ3n) is 2.67. The molecule has 0 aromatic rings. The molecule has 0 fully saturated rings. The maximum Gasteiger partial charge on any atom is 0.328 e. The van der Waals surface area contributed by atoms with Crippen LogP contribution in [0.2, 0.25) is 0 Å². The third kappa shape index (κ3) is 4.80. The van der Waals surface area contributed by atoms with Crippen LogP contribution in [0, 0.1) is 5.92 Å². The van der Waals surface area contributed by atoms with Gasteiger partial charge < -0.3 is 9.79 Å². The monoisotopic (exact) mass is 208 g/mol. The lowest BCUT2D eigenvalue weighted by Gasteiger charge is -2.23. The second kappa shape index (κ2) is 5.79. The Labute approximate surface area is 80.7 Å². The van der Waals surface area contributed by atoms with Gasteiger partial charge in [0.05, 0.1) is 5.66 Å². The van der Waals surface area contributed by atoms with E-state index >= 15 is 0 Å². The van der Waals surface area contributed by atoms with Gasteiger partial charge in [0.25, 0.3) is 0 Å². The van der Waals surface area contributed by atoms with Crippen LogP contribution in [0.25, 0.3) is 0 Å². The van der Waals surface area contributed by atoms with E-state index in [0.717, 1.165) is 25.7 Å². The van der Waals surface area contributed by atoms with Crippen LogP contribution in [0.15, 0.2) is 0 Å². The Morgan fingerprint density at radius 1 is 1.31 bits per heavy atom. The Morgan fingerprint density at radius 2 is 1.85 bits per heavy atom. The first kappa shape index (κ1) is 13.2. The van der Waals surface area contributed by atoms with Gasteiger partial charge in [0.2, 0.25) is 0 Å². The lowest BCUT2D eigenvalue weighted by Crippen LogP contribution is -2.16. The van der Waals surface area contributed by atoms with E-state index in [-0.39, 0.29) is 5.92 Å². The summed E-state index contributed by atoms with van der Waals surface area (Å²) in [5.74, 6) is 0.167. The summed E-state index contributed by atoms with van der Waals surface area (Å²) in [7, 11) is -3.87. The lowest BCUT2D eigenvalue weighted by atomic mass is 9.96. The van der Waals surface area contributed by atoms with Crippen LogP contribution in [0.4, 0.5) is 0 Å². The Morgan fingerprint density at radius 3 is 2.15 bits per heavy atom. The van der Waals surface area contributed by atoms with Gasteiger partial charge in [-0.1, -0.05) is 40.0 Å². The molecule has 0 rings (SSSR count). The van der Waals surface area contributed by atoms with Crippen LogP contribution in [-0.2, 0) is 4.57 Å². The Kier molecular flexibility index (Phi) is 5.86. The minimum Gasteiger partial charge on any atom is -0.324 e. The van der Waals surface area contributed by atoms with Gasteiger partial charge in [-0.2, -0.15) is 0 Å². The molecule has 0 aliphatic heterocycles. The maximum atomic E-state index is 11.0. The average molecular weight is 208 g/mol. The molecule has 4 heteroatoms. The van der Waals surface area contributed by atoms with Crippen molar-refractivity contribution >= 4 is 7.60 Å². The number of rotatable bonds is 6. The van der Waals surface area contributed by atoms with E-state index in [2.05, 4.69) is 6.92 Å². The number of hydrogen-bond acceptors (Lipinski definition) is 1. The molecule has 0 bridgehead atoms. The molecule has 0 heterocycles. The first-order valence-corrected chi connectivity index (χ1v) is 6.66. The van der Waals surface area contributed by atoms with E-state index in [1.807, 2.05) is 6.92 Å². The van der Waals surface area contributed by atoms with Crippen molar-refractivity contribution in [1.29, 1.82) is 0 Å². The molecule has 13 heavy (non-hydrogen) atoms. The molecule has 0 aromatic heterocycles. The predicted octanol–water partition coefficient (Wildman–Crippen LogP) is 2.77. The highest BCUT2D eigenvalue weighted by Crippen LogP contribution is 2.46. The van der Waals surface area contributed by atoms with Crippen molar-refractivity contribution in [2.45, 2.75) is 52.1 Å². The fourth-order valence-electron chi connectivity index (χ4n) is 1.53. The summed E-state index contributed by atoms with van der Waals surface area (Å²) < 4.78 is 11.0. The minimum atomic E-state index is -3.87. The third-order valence-corrected chi connectivity index (χ3v) is 4.15. The normalized spacial score (nSPS) is 17.0. The molecular weight excluding hydrogens is 187 g/mol. The topological polar surface area (TPSA) is 57.5 Å². The molecule has 0 aromatic carbocycles. The van der Waals surface area contributed by atoms with E-state index in [0.29, 0.717) is 0 Å². The number of unbranched alkanes of at least 4 members (excludes halogenated alkanes) is 1. The molecule has 80 valence electrons. The molecule has 0 saturated heterocycles. The molecule has 0 aliphatic rings. The van der Waals surface area contributed by atoms with Crippen molar-refractivity contribution < 1.29 is 14.4 Å². The molecule has 3 nitrogen and oxygen atoms in total. The Bertz CT molecular complexity index is 176. The van der Waals surface area contributed by atoms with Gasteiger partial charge in [-0.25, -0.2) is 0 Å². The van der Waals surface area contributed by atoms with Crippen molar-refractivity contribution in [2.75, 3.05) is 0 Å². The first-order valence-electron chi connectivity index (χ1n) is 4.98. The van der Waals surface area contributed by atoms with Crippen molar-refractivity contribution in [3.8, 4) is 0 Å². The van der Waals surface area contributed by atoms with E-state index in [1.165, 1.54) is 0 Å². The second-order valence-electron chi connectivity index (χ2n) is 3.64. The maximum absolute atomic E-state index is 11.0. The zero-order valence-electron chi connectivity index (χ0n) is 8.73. The van der Waals surface area contributed by atoms with Gasteiger partial charge in [-0.05, 0) is 12.3 Å². The minimum absolute atomic E-state index is 0.167. The molecule has 0 amide bonds. The number of hydrogen-bond donors (Lipinski definition) is 2. The van der Waals surface area contributed by atoms with Crippen LogP contribution in [0.5, 0.6) is 0 Å². The Hall–Kier alpha value is 0.150. The van der Waals surface area contributed by atoms with Crippen molar-refractivity contribution in [3.05, 3.63) is 0 Å².